The summed E-state index contributed by atoms with van der Waals surface area (Å²) in [7, 11) is 1.51. The van der Waals surface area contributed by atoms with Gasteiger partial charge >= 0.3 is 0 Å². The van der Waals surface area contributed by atoms with Crippen LogP contribution in [0, 0.1) is 6.92 Å². The van der Waals surface area contributed by atoms with E-state index in [9.17, 15) is 18.4 Å². The van der Waals surface area contributed by atoms with Crippen molar-refractivity contribution in [2.24, 2.45) is 7.05 Å². The maximum absolute atomic E-state index is 13.5. The van der Waals surface area contributed by atoms with E-state index in [2.05, 4.69) is 4.98 Å². The Balaban J connectivity index is 2.27. The Morgan fingerprint density at radius 1 is 1.35 bits per heavy atom. The van der Waals surface area contributed by atoms with Crippen molar-refractivity contribution in [2.75, 3.05) is 18.0 Å². The Bertz CT molecular complexity index is 874. The van der Waals surface area contributed by atoms with Crippen LogP contribution in [0.1, 0.15) is 29.3 Å². The molecule has 1 aromatic carbocycles. The lowest BCUT2D eigenvalue weighted by atomic mass is 10.0. The zero-order valence-corrected chi connectivity index (χ0v) is 13.2. The van der Waals surface area contributed by atoms with Gasteiger partial charge in [-0.2, -0.15) is 0 Å². The lowest BCUT2D eigenvalue weighted by Gasteiger charge is -2.20. The Morgan fingerprint density at radius 3 is 2.61 bits per heavy atom. The molecule has 0 atom stereocenters. The van der Waals surface area contributed by atoms with Crippen LogP contribution in [0.3, 0.4) is 0 Å². The SMILES string of the molecule is CC(=O)c1cc(C)cc2c(=O)n(C)c(N3CCC(F)(F)C3)nc12. The van der Waals surface area contributed by atoms with E-state index in [4.69, 9.17) is 0 Å². The van der Waals surface area contributed by atoms with Crippen LogP contribution in [0.5, 0.6) is 0 Å². The van der Waals surface area contributed by atoms with Crippen molar-refractivity contribution in [3.8, 4) is 0 Å². The second-order valence-corrected chi connectivity index (χ2v) is 6.07. The number of Topliss-reactive ketones (excluding diaryl/α,β-unsaturated/α-hetero) is 1. The minimum Gasteiger partial charge on any atom is -0.336 e. The minimum atomic E-state index is -2.79. The van der Waals surface area contributed by atoms with E-state index < -0.39 is 12.5 Å². The number of ketones is 1. The van der Waals surface area contributed by atoms with E-state index in [1.165, 1.54) is 23.4 Å². The lowest BCUT2D eigenvalue weighted by Crippen LogP contribution is -2.32. The normalized spacial score (nSPS) is 17.0. The molecule has 7 heteroatoms. The molecule has 0 unspecified atom stereocenters. The number of carbonyl (C=O) groups excluding carboxylic acids is 1. The number of aromatic nitrogens is 2. The zero-order chi connectivity index (χ0) is 16.9. The van der Waals surface area contributed by atoms with Gasteiger partial charge in [0, 0.05) is 25.6 Å². The zero-order valence-electron chi connectivity index (χ0n) is 13.2. The highest BCUT2D eigenvalue weighted by Crippen LogP contribution is 2.30. The summed E-state index contributed by atoms with van der Waals surface area (Å²) < 4.78 is 28.2. The number of carbonyl (C=O) groups is 1. The molecule has 0 radical (unpaired) electrons. The number of rotatable bonds is 2. The lowest BCUT2D eigenvalue weighted by molar-refractivity contribution is 0.0256. The molecular weight excluding hydrogens is 304 g/mol. The predicted molar refractivity (Wildman–Crippen MR) is 83.5 cm³/mol. The number of halogens is 2. The number of benzene rings is 1. The molecule has 23 heavy (non-hydrogen) atoms. The average Bonchev–Trinajstić information content (AvgIpc) is 2.82. The summed E-state index contributed by atoms with van der Waals surface area (Å²) in [5.41, 5.74) is 1.05. The molecule has 1 aromatic heterocycles. The highest BCUT2D eigenvalue weighted by molar-refractivity contribution is 6.05. The van der Waals surface area contributed by atoms with Gasteiger partial charge in [-0.05, 0) is 31.5 Å². The first-order chi connectivity index (χ1) is 10.7. The second kappa shape index (κ2) is 5.11. The average molecular weight is 321 g/mol. The number of hydrogen-bond acceptors (Lipinski definition) is 4. The van der Waals surface area contributed by atoms with Gasteiger partial charge in [-0.15, -0.1) is 0 Å². The van der Waals surface area contributed by atoms with Crippen molar-refractivity contribution >= 4 is 22.6 Å². The number of anilines is 1. The van der Waals surface area contributed by atoms with Crippen molar-refractivity contribution in [3.05, 3.63) is 33.6 Å². The fourth-order valence-electron chi connectivity index (χ4n) is 2.97. The number of hydrogen-bond donors (Lipinski definition) is 0. The maximum Gasteiger partial charge on any atom is 0.267 e. The highest BCUT2D eigenvalue weighted by Gasteiger charge is 2.39. The minimum absolute atomic E-state index is 0.125. The molecule has 3 rings (SSSR count). The Labute approximate surface area is 131 Å². The van der Waals surface area contributed by atoms with Gasteiger partial charge in [-0.1, -0.05) is 0 Å². The summed E-state index contributed by atoms with van der Waals surface area (Å²) in [4.78, 5) is 30.2. The third-order valence-electron chi connectivity index (χ3n) is 4.13. The number of nitrogens with zero attached hydrogens (tertiary/aromatic N) is 3. The van der Waals surface area contributed by atoms with Crippen LogP contribution in [0.2, 0.25) is 0 Å². The van der Waals surface area contributed by atoms with Gasteiger partial charge in [0.15, 0.2) is 5.78 Å². The molecule has 1 fully saturated rings. The topological polar surface area (TPSA) is 55.2 Å². The molecule has 1 saturated heterocycles. The fraction of sp³-hybridized carbons (Fsp3) is 0.438. The Kier molecular flexibility index (Phi) is 3.46. The van der Waals surface area contributed by atoms with Crippen molar-refractivity contribution in [2.45, 2.75) is 26.2 Å². The first-order valence-corrected chi connectivity index (χ1v) is 7.35. The molecule has 122 valence electrons. The Morgan fingerprint density at radius 2 is 2.04 bits per heavy atom. The van der Waals surface area contributed by atoms with Gasteiger partial charge in [0.2, 0.25) is 5.95 Å². The molecule has 2 heterocycles. The van der Waals surface area contributed by atoms with E-state index in [0.29, 0.717) is 10.9 Å². The first-order valence-electron chi connectivity index (χ1n) is 7.35. The van der Waals surface area contributed by atoms with Crippen LogP contribution in [-0.4, -0.2) is 34.3 Å². The van der Waals surface area contributed by atoms with Crippen LogP contribution in [-0.2, 0) is 7.05 Å². The molecule has 1 aliphatic heterocycles. The molecule has 5 nitrogen and oxygen atoms in total. The third-order valence-corrected chi connectivity index (χ3v) is 4.13. The predicted octanol–water partition coefficient (Wildman–Crippen LogP) is 2.29. The monoisotopic (exact) mass is 321 g/mol. The summed E-state index contributed by atoms with van der Waals surface area (Å²) in [5.74, 6) is -2.83. The molecule has 0 spiro atoms. The summed E-state index contributed by atoms with van der Waals surface area (Å²) in [6, 6.07) is 3.33. The summed E-state index contributed by atoms with van der Waals surface area (Å²) >= 11 is 0. The summed E-state index contributed by atoms with van der Waals surface area (Å²) in [5, 5.41) is 0.326. The third kappa shape index (κ3) is 2.60. The van der Waals surface area contributed by atoms with Gasteiger partial charge in [-0.3, -0.25) is 14.2 Å². The van der Waals surface area contributed by atoms with Crippen molar-refractivity contribution < 1.29 is 13.6 Å². The largest absolute Gasteiger partial charge is 0.336 e. The van der Waals surface area contributed by atoms with Crippen LogP contribution in [0.15, 0.2) is 16.9 Å². The van der Waals surface area contributed by atoms with E-state index >= 15 is 0 Å². The van der Waals surface area contributed by atoms with Gasteiger partial charge in [-0.25, -0.2) is 13.8 Å². The van der Waals surface area contributed by atoms with Crippen molar-refractivity contribution in [1.82, 2.24) is 9.55 Å². The molecular formula is C16H17F2N3O2. The quantitative estimate of drug-likeness (QED) is 0.797. The van der Waals surface area contributed by atoms with Gasteiger partial charge in [0.25, 0.3) is 11.5 Å². The van der Waals surface area contributed by atoms with E-state index in [1.54, 1.807) is 19.1 Å². The Hall–Kier alpha value is -2.31. The smallest absolute Gasteiger partial charge is 0.267 e. The van der Waals surface area contributed by atoms with Gasteiger partial charge < -0.3 is 4.90 Å². The number of fused-ring (bicyclic) bond motifs is 1. The number of aryl methyl sites for hydroxylation is 1. The maximum atomic E-state index is 13.5. The molecule has 0 bridgehead atoms. The summed E-state index contributed by atoms with van der Waals surface area (Å²) in [6.07, 6.45) is -0.269. The van der Waals surface area contributed by atoms with E-state index in [0.717, 1.165) is 5.56 Å². The molecule has 0 amide bonds. The first kappa shape index (κ1) is 15.6. The fourth-order valence-corrected chi connectivity index (χ4v) is 2.97. The molecule has 1 aliphatic rings. The van der Waals surface area contributed by atoms with Gasteiger partial charge in [0.05, 0.1) is 17.4 Å². The number of alkyl halides is 2. The van der Waals surface area contributed by atoms with E-state index in [1.807, 2.05) is 0 Å². The van der Waals surface area contributed by atoms with E-state index in [-0.39, 0.29) is 35.8 Å². The van der Waals surface area contributed by atoms with Crippen LogP contribution >= 0.6 is 0 Å². The van der Waals surface area contributed by atoms with Crippen LogP contribution in [0.25, 0.3) is 10.9 Å². The molecule has 2 aromatic rings. The second-order valence-electron chi connectivity index (χ2n) is 6.07. The van der Waals surface area contributed by atoms with Crippen molar-refractivity contribution in [3.63, 3.8) is 0 Å². The summed E-state index contributed by atoms with van der Waals surface area (Å²) in [6.45, 7) is 2.84. The standard InChI is InChI=1S/C16H17F2N3O2/c1-9-6-11(10(2)22)13-12(7-9)14(23)20(3)15(19-13)21-5-4-16(17,18)8-21/h6-7H,4-5,8H2,1-3H3. The van der Waals surface area contributed by atoms with Gasteiger partial charge in [0.1, 0.15) is 0 Å². The van der Waals surface area contributed by atoms with Crippen molar-refractivity contribution in [1.29, 1.82) is 0 Å². The molecule has 0 aliphatic carbocycles. The molecule has 0 N–H and O–H groups in total. The highest BCUT2D eigenvalue weighted by atomic mass is 19.3. The molecule has 0 saturated carbocycles. The van der Waals surface area contributed by atoms with Crippen LogP contribution in [0.4, 0.5) is 14.7 Å². The van der Waals surface area contributed by atoms with Crippen LogP contribution < -0.4 is 10.5 Å².